The highest BCUT2D eigenvalue weighted by Gasteiger charge is 2.06. The van der Waals surface area contributed by atoms with Crippen molar-refractivity contribution in [2.75, 3.05) is 6.61 Å². The van der Waals surface area contributed by atoms with Gasteiger partial charge in [0, 0.05) is 0 Å². The Kier molecular flexibility index (Phi) is 5.16. The van der Waals surface area contributed by atoms with Crippen molar-refractivity contribution in [3.05, 3.63) is 64.7 Å². The second-order valence-electron chi connectivity index (χ2n) is 5.01. The summed E-state index contributed by atoms with van der Waals surface area (Å²) in [6.07, 6.45) is 0. The molecule has 0 spiro atoms. The Morgan fingerprint density at radius 3 is 2.68 bits per heavy atom. The molecule has 0 aliphatic rings. The summed E-state index contributed by atoms with van der Waals surface area (Å²) in [4.78, 5) is 11.7. The number of esters is 1. The number of rotatable bonds is 5. The number of ether oxygens (including phenoxy) is 2. The second kappa shape index (κ2) is 7.28. The molecule has 112 valence electrons. The summed E-state index contributed by atoms with van der Waals surface area (Å²) in [5.74, 6) is 0.201. The topological polar surface area (TPSA) is 59.3 Å². The molecule has 4 nitrogen and oxygen atoms in total. The van der Waals surface area contributed by atoms with Gasteiger partial charge in [-0.2, -0.15) is 5.26 Å². The highest BCUT2D eigenvalue weighted by molar-refractivity contribution is 5.71. The summed E-state index contributed by atoms with van der Waals surface area (Å²) in [6.45, 7) is 4.00. The first kappa shape index (κ1) is 15.6. The van der Waals surface area contributed by atoms with Crippen molar-refractivity contribution in [3.8, 4) is 11.8 Å². The molecule has 2 aromatic rings. The Labute approximate surface area is 129 Å². The normalized spacial score (nSPS) is 9.86. The Morgan fingerprint density at radius 1 is 1.14 bits per heavy atom. The van der Waals surface area contributed by atoms with E-state index in [1.54, 1.807) is 24.3 Å². The number of benzene rings is 2. The number of nitriles is 1. The summed E-state index contributed by atoms with van der Waals surface area (Å²) in [7, 11) is 0. The zero-order valence-electron chi connectivity index (χ0n) is 12.6. The predicted octanol–water partition coefficient (Wildman–Crippen LogP) is 3.30. The molecule has 2 rings (SSSR count). The van der Waals surface area contributed by atoms with Crippen molar-refractivity contribution < 1.29 is 14.3 Å². The number of hydrogen-bond acceptors (Lipinski definition) is 4. The molecule has 0 aromatic heterocycles. The summed E-state index contributed by atoms with van der Waals surface area (Å²) < 4.78 is 10.5. The van der Waals surface area contributed by atoms with E-state index in [-0.39, 0.29) is 13.2 Å². The summed E-state index contributed by atoms with van der Waals surface area (Å²) in [5.41, 5.74) is 3.60. The highest BCUT2D eigenvalue weighted by Crippen LogP contribution is 2.16. The zero-order chi connectivity index (χ0) is 15.9. The van der Waals surface area contributed by atoms with Crippen molar-refractivity contribution in [1.29, 1.82) is 5.26 Å². The van der Waals surface area contributed by atoms with Gasteiger partial charge in [0.15, 0.2) is 6.61 Å². The number of nitrogens with zero attached hydrogens (tertiary/aromatic N) is 1. The van der Waals surface area contributed by atoms with Crippen molar-refractivity contribution in [3.63, 3.8) is 0 Å². The average molecular weight is 295 g/mol. The highest BCUT2D eigenvalue weighted by atomic mass is 16.6. The molecule has 22 heavy (non-hydrogen) atoms. The van der Waals surface area contributed by atoms with E-state index in [0.717, 1.165) is 11.1 Å². The Bertz CT molecular complexity index is 717. The first-order chi connectivity index (χ1) is 10.6. The molecule has 0 N–H and O–H groups in total. The van der Waals surface area contributed by atoms with Gasteiger partial charge in [-0.3, -0.25) is 0 Å². The van der Waals surface area contributed by atoms with Gasteiger partial charge in [-0.1, -0.05) is 18.2 Å². The van der Waals surface area contributed by atoms with Crippen LogP contribution in [0.3, 0.4) is 0 Å². The minimum absolute atomic E-state index is 0.130. The lowest BCUT2D eigenvalue weighted by Gasteiger charge is -2.09. The van der Waals surface area contributed by atoms with Crippen molar-refractivity contribution >= 4 is 5.97 Å². The van der Waals surface area contributed by atoms with Crippen LogP contribution in [0.4, 0.5) is 0 Å². The van der Waals surface area contributed by atoms with Crippen molar-refractivity contribution in [1.82, 2.24) is 0 Å². The van der Waals surface area contributed by atoms with Crippen LogP contribution in [0.25, 0.3) is 0 Å². The fourth-order valence-corrected chi connectivity index (χ4v) is 1.88. The molecule has 0 amide bonds. The third kappa shape index (κ3) is 4.35. The maximum atomic E-state index is 11.7. The van der Waals surface area contributed by atoms with Gasteiger partial charge >= 0.3 is 5.97 Å². The van der Waals surface area contributed by atoms with Crippen LogP contribution < -0.4 is 4.74 Å². The molecule has 0 bridgehead atoms. The van der Waals surface area contributed by atoms with E-state index >= 15 is 0 Å². The van der Waals surface area contributed by atoms with Gasteiger partial charge < -0.3 is 9.47 Å². The molecule has 2 aromatic carbocycles. The Hall–Kier alpha value is -2.80. The molecule has 0 unspecified atom stereocenters. The minimum Gasteiger partial charge on any atom is -0.482 e. The molecule has 0 saturated carbocycles. The fraction of sp³-hybridized carbons (Fsp3) is 0.222. The predicted molar refractivity (Wildman–Crippen MR) is 82.4 cm³/mol. The monoisotopic (exact) mass is 295 g/mol. The van der Waals surface area contributed by atoms with E-state index in [1.165, 1.54) is 5.56 Å². The minimum atomic E-state index is -0.444. The second-order valence-corrected chi connectivity index (χ2v) is 5.01. The zero-order valence-corrected chi connectivity index (χ0v) is 12.6. The smallest absolute Gasteiger partial charge is 0.344 e. The molecule has 0 aliphatic carbocycles. The van der Waals surface area contributed by atoms with Crippen LogP contribution in [0.15, 0.2) is 42.5 Å². The summed E-state index contributed by atoms with van der Waals surface area (Å²) in [5, 5.41) is 8.81. The van der Waals surface area contributed by atoms with Crippen molar-refractivity contribution in [2.45, 2.75) is 20.5 Å². The molecule has 4 heteroatoms. The molecule has 0 saturated heterocycles. The maximum absolute atomic E-state index is 11.7. The van der Waals surface area contributed by atoms with Crippen LogP contribution in [-0.2, 0) is 16.1 Å². The number of carbonyl (C=O) groups excluding carboxylic acids is 1. The maximum Gasteiger partial charge on any atom is 0.344 e. The van der Waals surface area contributed by atoms with E-state index in [4.69, 9.17) is 14.7 Å². The van der Waals surface area contributed by atoms with Gasteiger partial charge in [-0.15, -0.1) is 0 Å². The van der Waals surface area contributed by atoms with E-state index < -0.39 is 5.97 Å². The van der Waals surface area contributed by atoms with Gasteiger partial charge in [0.2, 0.25) is 0 Å². The first-order valence-corrected chi connectivity index (χ1v) is 6.93. The number of hydrogen-bond donors (Lipinski definition) is 0. The summed E-state index contributed by atoms with van der Waals surface area (Å²) in [6, 6.07) is 14.7. The molecule has 0 fully saturated rings. The third-order valence-corrected chi connectivity index (χ3v) is 3.29. The van der Waals surface area contributed by atoms with E-state index in [0.29, 0.717) is 11.3 Å². The van der Waals surface area contributed by atoms with Gasteiger partial charge in [0.1, 0.15) is 12.4 Å². The van der Waals surface area contributed by atoms with Crippen LogP contribution in [-0.4, -0.2) is 12.6 Å². The molecule has 0 aliphatic heterocycles. The first-order valence-electron chi connectivity index (χ1n) is 6.93. The van der Waals surface area contributed by atoms with Gasteiger partial charge in [-0.05, 0) is 54.8 Å². The van der Waals surface area contributed by atoms with Gasteiger partial charge in [-0.25, -0.2) is 4.79 Å². The van der Waals surface area contributed by atoms with Crippen LogP contribution >= 0.6 is 0 Å². The standard InChI is InChI=1S/C18H17NO3/c1-13-6-7-17(8-14(13)2)21-12-18(20)22-11-16-5-3-4-15(9-16)10-19/h3-9H,11-12H2,1-2H3. The van der Waals surface area contributed by atoms with Crippen LogP contribution in [0.5, 0.6) is 5.75 Å². The van der Waals surface area contributed by atoms with Crippen molar-refractivity contribution in [2.24, 2.45) is 0 Å². The van der Waals surface area contributed by atoms with E-state index in [2.05, 4.69) is 0 Å². The largest absolute Gasteiger partial charge is 0.482 e. The van der Waals surface area contributed by atoms with Crippen LogP contribution in [0, 0.1) is 25.2 Å². The molecular formula is C18H17NO3. The average Bonchev–Trinajstić information content (AvgIpc) is 2.54. The number of aryl methyl sites for hydroxylation is 2. The lowest BCUT2D eigenvalue weighted by atomic mass is 10.1. The van der Waals surface area contributed by atoms with Gasteiger partial charge in [0.25, 0.3) is 0 Å². The van der Waals surface area contributed by atoms with Crippen LogP contribution in [0.1, 0.15) is 22.3 Å². The Morgan fingerprint density at radius 2 is 1.95 bits per heavy atom. The lowest BCUT2D eigenvalue weighted by Crippen LogP contribution is -2.14. The molecular weight excluding hydrogens is 278 g/mol. The molecule has 0 heterocycles. The van der Waals surface area contributed by atoms with E-state index in [1.807, 2.05) is 38.1 Å². The SMILES string of the molecule is Cc1ccc(OCC(=O)OCc2cccc(C#N)c2)cc1C. The number of carbonyl (C=O) groups is 1. The molecule has 0 atom stereocenters. The van der Waals surface area contributed by atoms with Gasteiger partial charge in [0.05, 0.1) is 11.6 Å². The third-order valence-electron chi connectivity index (χ3n) is 3.29. The molecule has 0 radical (unpaired) electrons. The van der Waals surface area contributed by atoms with E-state index in [9.17, 15) is 4.79 Å². The van der Waals surface area contributed by atoms with Crippen LogP contribution in [0.2, 0.25) is 0 Å². The lowest BCUT2D eigenvalue weighted by molar-refractivity contribution is -0.147. The fourth-order valence-electron chi connectivity index (χ4n) is 1.88. The quantitative estimate of drug-likeness (QED) is 0.794. The summed E-state index contributed by atoms with van der Waals surface area (Å²) >= 11 is 0. The Balaban J connectivity index is 1.83.